The lowest BCUT2D eigenvalue weighted by molar-refractivity contribution is 0.572. The molecule has 5 heteroatoms. The second-order valence-corrected chi connectivity index (χ2v) is 6.57. The summed E-state index contributed by atoms with van der Waals surface area (Å²) in [6, 6.07) is 18.0. The monoisotopic (exact) mass is 364 g/mol. The highest BCUT2D eigenvalue weighted by Gasteiger charge is 2.29. The molecule has 3 aromatic rings. The fourth-order valence-corrected chi connectivity index (χ4v) is 3.53. The lowest BCUT2D eigenvalue weighted by Gasteiger charge is -2.10. The molecule has 0 fully saturated rings. The van der Waals surface area contributed by atoms with Crippen molar-refractivity contribution in [2.24, 2.45) is 0 Å². The Bertz CT molecular complexity index is 1250. The Morgan fingerprint density at radius 1 is 1.04 bits per heavy atom. The van der Waals surface area contributed by atoms with Crippen molar-refractivity contribution in [2.45, 2.75) is 13.8 Å². The summed E-state index contributed by atoms with van der Waals surface area (Å²) in [5.41, 5.74) is 11.3. The molecule has 4 rings (SSSR count). The van der Waals surface area contributed by atoms with Crippen LogP contribution in [0.3, 0.4) is 0 Å². The van der Waals surface area contributed by atoms with Gasteiger partial charge in [0, 0.05) is 11.1 Å². The van der Waals surface area contributed by atoms with Gasteiger partial charge in [0.05, 0.1) is 16.8 Å². The number of fused-ring (bicyclic) bond motifs is 1. The zero-order chi connectivity index (χ0) is 19.8. The zero-order valence-corrected chi connectivity index (χ0v) is 15.4. The third-order valence-corrected chi connectivity index (χ3v) is 4.96. The van der Waals surface area contributed by atoms with Gasteiger partial charge in [-0.2, -0.15) is 10.5 Å². The largest absolute Gasteiger partial charge is 0.457 e. The van der Waals surface area contributed by atoms with E-state index >= 15 is 0 Å². The van der Waals surface area contributed by atoms with Crippen molar-refractivity contribution in [3.05, 3.63) is 76.2 Å². The van der Waals surface area contributed by atoms with Crippen molar-refractivity contribution in [3.8, 4) is 23.5 Å². The van der Waals surface area contributed by atoms with Crippen LogP contribution in [0.4, 0.5) is 5.82 Å². The number of allylic oxidation sites excluding steroid dienone is 3. The molecule has 28 heavy (non-hydrogen) atoms. The van der Waals surface area contributed by atoms with E-state index in [0.717, 1.165) is 33.6 Å². The molecule has 5 nitrogen and oxygen atoms in total. The van der Waals surface area contributed by atoms with Gasteiger partial charge in [-0.3, -0.25) is 0 Å². The number of aromatic nitrogens is 1. The lowest BCUT2D eigenvalue weighted by atomic mass is 9.96. The number of nitrogens with two attached hydrogens (primary N) is 1. The molecule has 0 amide bonds. The summed E-state index contributed by atoms with van der Waals surface area (Å²) in [7, 11) is 0. The smallest absolute Gasteiger partial charge is 0.142 e. The number of rotatable bonds is 2. The third-order valence-electron chi connectivity index (χ3n) is 4.96. The van der Waals surface area contributed by atoms with Crippen LogP contribution in [0, 0.1) is 29.6 Å². The maximum absolute atomic E-state index is 9.62. The van der Waals surface area contributed by atoms with Crippen LogP contribution in [0.5, 0.6) is 0 Å². The molecule has 0 bridgehead atoms. The van der Waals surface area contributed by atoms with Gasteiger partial charge >= 0.3 is 0 Å². The van der Waals surface area contributed by atoms with Crippen LogP contribution in [0.1, 0.15) is 35.1 Å². The molecule has 0 aliphatic heterocycles. The van der Waals surface area contributed by atoms with Crippen LogP contribution >= 0.6 is 0 Å². The molecule has 0 atom stereocenters. The van der Waals surface area contributed by atoms with E-state index in [9.17, 15) is 10.5 Å². The predicted molar refractivity (Wildman–Crippen MR) is 108 cm³/mol. The van der Waals surface area contributed by atoms with E-state index in [1.54, 1.807) is 0 Å². The molecule has 0 unspecified atom stereocenters. The van der Waals surface area contributed by atoms with Gasteiger partial charge in [0.1, 0.15) is 29.5 Å². The number of nitrogens with zero attached hydrogens (tertiary/aromatic N) is 3. The summed E-state index contributed by atoms with van der Waals surface area (Å²) >= 11 is 0. The quantitative estimate of drug-likeness (QED) is 0.693. The van der Waals surface area contributed by atoms with Crippen LogP contribution in [0.2, 0.25) is 0 Å². The Balaban J connectivity index is 1.88. The second-order valence-electron chi connectivity index (χ2n) is 6.57. The number of nitriles is 2. The Hall–Kier alpha value is -4.09. The molecule has 1 aliphatic rings. The number of hydrogen-bond acceptors (Lipinski definition) is 5. The average molecular weight is 364 g/mol. The SMILES string of the molecule is CC1=C(C#N)c2nc(N)c(C#N)c(C)c2/C1=C/c1ccc(-c2ccccc2)o1. The highest BCUT2D eigenvalue weighted by molar-refractivity contribution is 6.08. The molecule has 0 radical (unpaired) electrons. The maximum Gasteiger partial charge on any atom is 0.142 e. The van der Waals surface area contributed by atoms with E-state index < -0.39 is 0 Å². The van der Waals surface area contributed by atoms with Gasteiger partial charge in [0.15, 0.2) is 0 Å². The molecule has 2 aromatic heterocycles. The molecular formula is C23H16N4O. The van der Waals surface area contributed by atoms with Crippen LogP contribution in [-0.2, 0) is 0 Å². The Morgan fingerprint density at radius 3 is 2.46 bits per heavy atom. The zero-order valence-electron chi connectivity index (χ0n) is 15.4. The van der Waals surface area contributed by atoms with Crippen LogP contribution in [-0.4, -0.2) is 4.98 Å². The standard InChI is InChI=1S/C23H16N4O/c1-13-17(10-16-8-9-20(28-16)15-6-4-3-5-7-15)21-14(2)19(12-25)23(26)27-22(21)18(13)11-24/h3-10H,1-2H3,(H2,26,27)/b17-10+. The van der Waals surface area contributed by atoms with Crippen LogP contribution < -0.4 is 5.73 Å². The van der Waals surface area contributed by atoms with Crippen molar-refractivity contribution >= 4 is 23.0 Å². The molecule has 0 saturated carbocycles. The minimum atomic E-state index is 0.143. The highest BCUT2D eigenvalue weighted by Crippen LogP contribution is 2.44. The van der Waals surface area contributed by atoms with E-state index in [-0.39, 0.29) is 5.82 Å². The maximum atomic E-state index is 9.62. The molecule has 0 spiro atoms. The fourth-order valence-electron chi connectivity index (χ4n) is 3.53. The Labute approximate surface area is 162 Å². The van der Waals surface area contributed by atoms with Crippen molar-refractivity contribution < 1.29 is 4.42 Å². The molecule has 1 aliphatic carbocycles. The van der Waals surface area contributed by atoms with Gasteiger partial charge in [-0.1, -0.05) is 30.3 Å². The second kappa shape index (κ2) is 6.57. The first-order chi connectivity index (χ1) is 13.5. The summed E-state index contributed by atoms with van der Waals surface area (Å²) in [5.74, 6) is 1.57. The summed E-state index contributed by atoms with van der Waals surface area (Å²) in [6.45, 7) is 3.70. The Morgan fingerprint density at radius 2 is 1.79 bits per heavy atom. The minimum absolute atomic E-state index is 0.143. The summed E-state index contributed by atoms with van der Waals surface area (Å²) in [5, 5.41) is 19.1. The average Bonchev–Trinajstić information content (AvgIpc) is 3.26. The van der Waals surface area contributed by atoms with Crippen molar-refractivity contribution in [1.29, 1.82) is 10.5 Å². The van der Waals surface area contributed by atoms with Gasteiger partial charge in [0.2, 0.25) is 0 Å². The lowest BCUT2D eigenvalue weighted by Crippen LogP contribution is -2.03. The van der Waals surface area contributed by atoms with Crippen molar-refractivity contribution in [3.63, 3.8) is 0 Å². The molecule has 2 heterocycles. The number of nitrogen functional groups attached to an aromatic ring is 1. The summed E-state index contributed by atoms with van der Waals surface area (Å²) in [4.78, 5) is 4.34. The van der Waals surface area contributed by atoms with Crippen molar-refractivity contribution in [2.75, 3.05) is 5.73 Å². The number of hydrogen-bond donors (Lipinski definition) is 1. The van der Waals surface area contributed by atoms with Gasteiger partial charge in [-0.05, 0) is 48.8 Å². The number of pyridine rings is 1. The molecular weight excluding hydrogens is 348 g/mol. The van der Waals surface area contributed by atoms with Crippen LogP contribution in [0.25, 0.3) is 28.5 Å². The molecule has 134 valence electrons. The van der Waals surface area contributed by atoms with Gasteiger partial charge in [-0.15, -0.1) is 0 Å². The summed E-state index contributed by atoms with van der Waals surface area (Å²) < 4.78 is 5.99. The van der Waals surface area contributed by atoms with Gasteiger partial charge < -0.3 is 10.2 Å². The van der Waals surface area contributed by atoms with Crippen molar-refractivity contribution in [1.82, 2.24) is 4.98 Å². The number of furan rings is 1. The minimum Gasteiger partial charge on any atom is -0.457 e. The molecule has 1 aromatic carbocycles. The highest BCUT2D eigenvalue weighted by atomic mass is 16.3. The normalized spacial score (nSPS) is 14.1. The Kier molecular flexibility index (Phi) is 4.07. The first kappa shape index (κ1) is 17.3. The third kappa shape index (κ3) is 2.58. The first-order valence-electron chi connectivity index (χ1n) is 8.74. The van der Waals surface area contributed by atoms with Gasteiger partial charge in [0.25, 0.3) is 0 Å². The predicted octanol–water partition coefficient (Wildman–Crippen LogP) is 4.96. The summed E-state index contributed by atoms with van der Waals surface area (Å²) in [6.07, 6.45) is 1.89. The topological polar surface area (TPSA) is 99.6 Å². The molecule has 2 N–H and O–H groups in total. The number of anilines is 1. The van der Waals surface area contributed by atoms with Gasteiger partial charge in [-0.25, -0.2) is 4.98 Å². The number of benzene rings is 1. The van der Waals surface area contributed by atoms with E-state index in [1.165, 1.54) is 0 Å². The van der Waals surface area contributed by atoms with E-state index in [4.69, 9.17) is 10.2 Å². The van der Waals surface area contributed by atoms with Crippen LogP contribution in [0.15, 0.2) is 52.5 Å². The fraction of sp³-hybridized carbons (Fsp3) is 0.0870. The first-order valence-corrected chi connectivity index (χ1v) is 8.74. The van der Waals surface area contributed by atoms with E-state index in [2.05, 4.69) is 17.1 Å². The molecule has 0 saturated heterocycles. The van der Waals surface area contributed by atoms with E-state index in [1.807, 2.05) is 62.4 Å². The van der Waals surface area contributed by atoms with E-state index in [0.29, 0.717) is 22.6 Å².